The second-order valence-corrected chi connectivity index (χ2v) is 8.16. The topological polar surface area (TPSA) is 160 Å². The lowest BCUT2D eigenvalue weighted by Crippen LogP contribution is -2.09. The maximum Gasteiger partial charge on any atom is 0.336 e. The van der Waals surface area contributed by atoms with E-state index in [1.54, 1.807) is 18.2 Å². The summed E-state index contributed by atoms with van der Waals surface area (Å²) in [4.78, 5) is 35.7. The van der Waals surface area contributed by atoms with Crippen LogP contribution in [0.2, 0.25) is 0 Å². The van der Waals surface area contributed by atoms with Crippen LogP contribution in [0, 0.1) is 0 Å². The van der Waals surface area contributed by atoms with E-state index in [2.05, 4.69) is 0 Å². The van der Waals surface area contributed by atoms with Crippen molar-refractivity contribution < 1.29 is 49.0 Å². The Morgan fingerprint density at radius 1 is 0.500 bits per heavy atom. The van der Waals surface area contributed by atoms with Gasteiger partial charge in [-0.3, -0.25) is 9.59 Å². The van der Waals surface area contributed by atoms with Gasteiger partial charge in [-0.05, 0) is 42.5 Å². The number of ether oxygens (including phenoxy) is 3. The number of aromatic carboxylic acids is 1. The predicted octanol–water partition coefficient (Wildman–Crippen LogP) is 4.68. The van der Waals surface area contributed by atoms with Crippen molar-refractivity contribution in [1.82, 2.24) is 0 Å². The van der Waals surface area contributed by atoms with Gasteiger partial charge in [0, 0.05) is 23.8 Å². The average Bonchev–Trinajstić information content (AvgIpc) is 2.96. The highest BCUT2D eigenvalue weighted by molar-refractivity contribution is 6.15. The fourth-order valence-corrected chi connectivity index (χ4v) is 3.65. The lowest BCUT2D eigenvalue weighted by molar-refractivity contribution is 0.0692. The summed E-state index contributed by atoms with van der Waals surface area (Å²) in [6, 6.07) is 18.8. The fraction of sp³-hybridized carbons (Fsp3) is 0.100. The molecule has 0 fully saturated rings. The smallest absolute Gasteiger partial charge is 0.336 e. The molecule has 0 aromatic heterocycles. The molecule has 0 aliphatic heterocycles. The van der Waals surface area contributed by atoms with E-state index in [4.69, 9.17) is 19.3 Å². The number of ketones is 2. The molecule has 4 aromatic carbocycles. The third-order valence-corrected chi connectivity index (χ3v) is 5.75. The molecular formula is C30H26O10. The van der Waals surface area contributed by atoms with Crippen LogP contribution in [0.15, 0.2) is 78.9 Å². The Morgan fingerprint density at radius 3 is 1.12 bits per heavy atom. The molecule has 0 saturated heterocycles. The highest BCUT2D eigenvalue weighted by Gasteiger charge is 2.20. The van der Waals surface area contributed by atoms with Crippen LogP contribution >= 0.6 is 0 Å². The molecule has 0 radical (unpaired) electrons. The van der Waals surface area contributed by atoms with Gasteiger partial charge in [-0.1, -0.05) is 18.2 Å². The molecular weight excluding hydrogens is 520 g/mol. The van der Waals surface area contributed by atoms with Gasteiger partial charge < -0.3 is 34.6 Å². The minimum Gasteiger partial charge on any atom is -0.507 e. The summed E-state index contributed by atoms with van der Waals surface area (Å²) in [5.74, 6) is -1.60. The summed E-state index contributed by atoms with van der Waals surface area (Å²) in [5.41, 5.74) is 0.130. The second-order valence-electron chi connectivity index (χ2n) is 8.16. The first-order valence-corrected chi connectivity index (χ1v) is 11.6. The van der Waals surface area contributed by atoms with Gasteiger partial charge in [0.15, 0.2) is 11.6 Å². The highest BCUT2D eigenvalue weighted by atomic mass is 16.5. The Bertz CT molecular complexity index is 1500. The van der Waals surface area contributed by atoms with Crippen LogP contribution in [0.25, 0.3) is 0 Å². The quantitative estimate of drug-likeness (QED) is 0.229. The summed E-state index contributed by atoms with van der Waals surface area (Å²) in [6.07, 6.45) is 0. The van der Waals surface area contributed by atoms with Crippen LogP contribution < -0.4 is 14.2 Å². The Labute approximate surface area is 229 Å². The number of carboxylic acid groups (broad SMARTS) is 1. The lowest BCUT2D eigenvalue weighted by atomic mass is 9.97. The summed E-state index contributed by atoms with van der Waals surface area (Å²) < 4.78 is 14.8. The molecule has 0 unspecified atom stereocenters. The SMILES string of the molecule is COc1ccc(C(=O)c2ccc(OC)cc2O)c(O)c1.COc1ccc(C(=O)c2ccccc2C(=O)O)c(O)c1. The van der Waals surface area contributed by atoms with Crippen LogP contribution in [0.1, 0.15) is 42.2 Å². The molecule has 4 aromatic rings. The van der Waals surface area contributed by atoms with Crippen LogP contribution in [-0.2, 0) is 0 Å². The van der Waals surface area contributed by atoms with Crippen molar-refractivity contribution in [2.75, 3.05) is 21.3 Å². The standard InChI is InChI=1S/C15H14O5.C15H12O5/c1-19-9-3-5-11(13(16)7-9)15(18)12-6-4-10(20-2)8-14(12)17;1-20-9-6-7-12(13(16)8-9)14(17)10-4-2-3-5-11(10)15(18)19/h3-8,16-17H,1-2H3;2-8,16H,1H3,(H,18,19). The molecule has 0 saturated carbocycles. The molecule has 10 nitrogen and oxygen atoms in total. The average molecular weight is 547 g/mol. The first-order chi connectivity index (χ1) is 19.1. The van der Waals surface area contributed by atoms with Crippen LogP contribution in [0.5, 0.6) is 34.5 Å². The monoisotopic (exact) mass is 546 g/mol. The maximum atomic E-state index is 12.3. The van der Waals surface area contributed by atoms with Gasteiger partial charge in [0.25, 0.3) is 0 Å². The molecule has 0 amide bonds. The van der Waals surface area contributed by atoms with Crippen LogP contribution in [0.4, 0.5) is 0 Å². The van der Waals surface area contributed by atoms with Crippen molar-refractivity contribution in [2.24, 2.45) is 0 Å². The van der Waals surface area contributed by atoms with Gasteiger partial charge in [0.1, 0.15) is 34.5 Å². The number of methoxy groups -OCH3 is 3. The predicted molar refractivity (Wildman–Crippen MR) is 144 cm³/mol. The number of aromatic hydroxyl groups is 3. The molecule has 4 N–H and O–H groups in total. The Balaban J connectivity index is 0.000000220. The number of hydrogen-bond donors (Lipinski definition) is 4. The van der Waals surface area contributed by atoms with Crippen molar-refractivity contribution in [2.45, 2.75) is 0 Å². The number of phenols is 3. The normalized spacial score (nSPS) is 10.1. The van der Waals surface area contributed by atoms with Crippen molar-refractivity contribution in [3.8, 4) is 34.5 Å². The van der Waals surface area contributed by atoms with Gasteiger partial charge in [0.05, 0.1) is 43.6 Å². The van der Waals surface area contributed by atoms with E-state index < -0.39 is 17.5 Å². The molecule has 4 rings (SSSR count). The van der Waals surface area contributed by atoms with E-state index in [0.29, 0.717) is 17.2 Å². The molecule has 206 valence electrons. The molecule has 0 heterocycles. The van der Waals surface area contributed by atoms with E-state index in [-0.39, 0.29) is 45.1 Å². The number of carboxylic acids is 1. The Morgan fingerprint density at radius 2 is 0.825 bits per heavy atom. The number of rotatable bonds is 8. The molecule has 0 bridgehead atoms. The van der Waals surface area contributed by atoms with E-state index in [1.165, 1.54) is 82.0 Å². The van der Waals surface area contributed by atoms with Crippen LogP contribution in [0.3, 0.4) is 0 Å². The Hall–Kier alpha value is -5.51. The molecule has 0 aliphatic carbocycles. The Kier molecular flexibility index (Phi) is 9.32. The van der Waals surface area contributed by atoms with Crippen molar-refractivity contribution in [3.63, 3.8) is 0 Å². The third kappa shape index (κ3) is 6.48. The highest BCUT2D eigenvalue weighted by Crippen LogP contribution is 2.30. The lowest BCUT2D eigenvalue weighted by Gasteiger charge is -2.08. The van der Waals surface area contributed by atoms with Crippen molar-refractivity contribution in [1.29, 1.82) is 0 Å². The van der Waals surface area contributed by atoms with E-state index >= 15 is 0 Å². The zero-order valence-corrected chi connectivity index (χ0v) is 21.7. The van der Waals surface area contributed by atoms with Crippen molar-refractivity contribution >= 4 is 17.5 Å². The zero-order chi connectivity index (χ0) is 29.4. The number of benzene rings is 4. The van der Waals surface area contributed by atoms with E-state index in [1.807, 2.05) is 0 Å². The van der Waals surface area contributed by atoms with Crippen molar-refractivity contribution in [3.05, 3.63) is 107 Å². The minimum absolute atomic E-state index is 0.0273. The molecule has 40 heavy (non-hydrogen) atoms. The van der Waals surface area contributed by atoms with Gasteiger partial charge in [0.2, 0.25) is 0 Å². The summed E-state index contributed by atoms with van der Waals surface area (Å²) >= 11 is 0. The first-order valence-electron chi connectivity index (χ1n) is 11.6. The number of carbonyl (C=O) groups excluding carboxylic acids is 2. The first kappa shape index (κ1) is 29.1. The fourth-order valence-electron chi connectivity index (χ4n) is 3.65. The van der Waals surface area contributed by atoms with Crippen LogP contribution in [-0.4, -0.2) is 59.3 Å². The molecule has 10 heteroatoms. The number of phenolic OH excluding ortho intramolecular Hbond substituents is 3. The second kappa shape index (κ2) is 12.8. The maximum absolute atomic E-state index is 12.3. The summed E-state index contributed by atoms with van der Waals surface area (Å²) in [7, 11) is 4.37. The van der Waals surface area contributed by atoms with Gasteiger partial charge >= 0.3 is 5.97 Å². The summed E-state index contributed by atoms with van der Waals surface area (Å²) in [5, 5.41) is 38.6. The number of carbonyl (C=O) groups is 3. The van der Waals surface area contributed by atoms with Gasteiger partial charge in [-0.15, -0.1) is 0 Å². The van der Waals surface area contributed by atoms with E-state index in [9.17, 15) is 29.7 Å². The molecule has 0 spiro atoms. The van der Waals surface area contributed by atoms with Gasteiger partial charge in [-0.25, -0.2) is 4.79 Å². The number of hydrogen-bond acceptors (Lipinski definition) is 9. The minimum atomic E-state index is -1.19. The molecule has 0 atom stereocenters. The largest absolute Gasteiger partial charge is 0.507 e. The molecule has 0 aliphatic rings. The summed E-state index contributed by atoms with van der Waals surface area (Å²) in [6.45, 7) is 0. The third-order valence-electron chi connectivity index (χ3n) is 5.75. The van der Waals surface area contributed by atoms with Gasteiger partial charge in [-0.2, -0.15) is 0 Å². The van der Waals surface area contributed by atoms with E-state index in [0.717, 1.165) is 0 Å². The zero-order valence-electron chi connectivity index (χ0n) is 21.7.